The van der Waals surface area contributed by atoms with E-state index in [1.807, 2.05) is 31.2 Å². The van der Waals surface area contributed by atoms with Crippen molar-refractivity contribution in [3.63, 3.8) is 0 Å². The van der Waals surface area contributed by atoms with Crippen LogP contribution in [0.5, 0.6) is 5.75 Å². The Morgan fingerprint density at radius 2 is 2.00 bits per heavy atom. The van der Waals surface area contributed by atoms with Gasteiger partial charge in [0.15, 0.2) is 17.5 Å². The van der Waals surface area contributed by atoms with Gasteiger partial charge in [-0.05, 0) is 30.2 Å². The lowest BCUT2D eigenvalue weighted by Gasteiger charge is -2.26. The molecule has 0 spiro atoms. The van der Waals surface area contributed by atoms with Crippen LogP contribution in [0.2, 0.25) is 0 Å². The third-order valence-corrected chi connectivity index (χ3v) is 4.93. The topological polar surface area (TPSA) is 74.8 Å². The molecule has 0 bridgehead atoms. The van der Waals surface area contributed by atoms with E-state index in [-0.39, 0.29) is 29.5 Å². The molecule has 0 aromatic heterocycles. The van der Waals surface area contributed by atoms with Crippen molar-refractivity contribution in [2.45, 2.75) is 31.8 Å². The van der Waals surface area contributed by atoms with Gasteiger partial charge < -0.3 is 20.7 Å². The highest BCUT2D eigenvalue weighted by Crippen LogP contribution is 2.31. The van der Waals surface area contributed by atoms with E-state index in [0.29, 0.717) is 31.9 Å². The first-order valence-electron chi connectivity index (χ1n) is 9.85. The Kier molecular flexibility index (Phi) is 7.05. The number of hydrogen-bond donors (Lipinski definition) is 3. The molecule has 7 heteroatoms. The van der Waals surface area contributed by atoms with E-state index in [0.717, 1.165) is 11.3 Å². The zero-order chi connectivity index (χ0) is 20.6. The lowest BCUT2D eigenvalue weighted by molar-refractivity contribution is -0.116. The third kappa shape index (κ3) is 5.47. The van der Waals surface area contributed by atoms with Gasteiger partial charge in [-0.15, -0.1) is 0 Å². The Bertz CT molecular complexity index is 871. The van der Waals surface area contributed by atoms with Crippen LogP contribution in [-0.4, -0.2) is 38.1 Å². The van der Waals surface area contributed by atoms with Crippen LogP contribution in [0.3, 0.4) is 0 Å². The van der Waals surface area contributed by atoms with Gasteiger partial charge in [0.05, 0.1) is 6.54 Å². The number of rotatable bonds is 7. The van der Waals surface area contributed by atoms with Crippen molar-refractivity contribution in [2.24, 2.45) is 4.99 Å². The first kappa shape index (κ1) is 20.6. The number of guanidine groups is 1. The molecule has 3 N–H and O–H groups in total. The maximum Gasteiger partial charge on any atom is 0.225 e. The zero-order valence-electron chi connectivity index (χ0n) is 16.7. The van der Waals surface area contributed by atoms with Crippen LogP contribution in [0.1, 0.15) is 31.2 Å². The van der Waals surface area contributed by atoms with E-state index in [4.69, 9.17) is 4.74 Å². The van der Waals surface area contributed by atoms with Crippen molar-refractivity contribution in [2.75, 3.05) is 25.5 Å². The van der Waals surface area contributed by atoms with E-state index in [1.165, 1.54) is 6.07 Å². The summed E-state index contributed by atoms with van der Waals surface area (Å²) in [7, 11) is 1.69. The molecule has 1 aliphatic heterocycles. The molecule has 2 aromatic carbocycles. The van der Waals surface area contributed by atoms with E-state index in [1.54, 1.807) is 25.2 Å². The number of hydrogen-bond acceptors (Lipinski definition) is 3. The summed E-state index contributed by atoms with van der Waals surface area (Å²) in [4.78, 5) is 16.2. The number of halogens is 1. The molecule has 0 radical (unpaired) electrons. The summed E-state index contributed by atoms with van der Waals surface area (Å²) in [6.07, 6.45) is 0.940. The number of anilines is 1. The van der Waals surface area contributed by atoms with Gasteiger partial charge in [-0.3, -0.25) is 9.79 Å². The van der Waals surface area contributed by atoms with Gasteiger partial charge in [0.25, 0.3) is 0 Å². The average molecular weight is 398 g/mol. The number of para-hydroxylation sites is 2. The number of carbonyl (C=O) groups is 1. The molecular formula is C22H27FN4O2. The maximum atomic E-state index is 13.8. The number of benzene rings is 2. The highest BCUT2D eigenvalue weighted by Gasteiger charge is 2.24. The first-order valence-corrected chi connectivity index (χ1v) is 9.85. The summed E-state index contributed by atoms with van der Waals surface area (Å²) in [5.41, 5.74) is 1.98. The molecule has 29 heavy (non-hydrogen) atoms. The van der Waals surface area contributed by atoms with Gasteiger partial charge in [0.2, 0.25) is 5.91 Å². The minimum Gasteiger partial charge on any atom is -0.486 e. The van der Waals surface area contributed by atoms with Crippen molar-refractivity contribution in [1.29, 1.82) is 0 Å². The Labute approximate surface area is 170 Å². The molecule has 2 aromatic rings. The number of nitrogens with zero attached hydrogens (tertiary/aromatic N) is 1. The van der Waals surface area contributed by atoms with E-state index < -0.39 is 0 Å². The van der Waals surface area contributed by atoms with E-state index >= 15 is 0 Å². The lowest BCUT2D eigenvalue weighted by atomic mass is 9.90. The number of ether oxygens (including phenoxy) is 1. The Morgan fingerprint density at radius 3 is 2.76 bits per heavy atom. The molecule has 0 fully saturated rings. The van der Waals surface area contributed by atoms with Crippen LogP contribution in [-0.2, 0) is 4.79 Å². The Morgan fingerprint density at radius 1 is 1.24 bits per heavy atom. The predicted molar refractivity (Wildman–Crippen MR) is 113 cm³/mol. The standard InChI is InChI=1S/C22H27FN4O2/c1-3-16(29-20-11-7-5-9-18(20)23)14-26-22(24-2)25-13-15-12-21(28)27-19-10-6-4-8-17(15)19/h4-11,15-16H,3,12-14H2,1-2H3,(H,27,28)(H2,24,25,26). The second-order valence-electron chi connectivity index (χ2n) is 6.95. The van der Waals surface area contributed by atoms with Crippen LogP contribution in [0.15, 0.2) is 53.5 Å². The molecule has 0 saturated carbocycles. The summed E-state index contributed by atoms with van der Waals surface area (Å²) in [6, 6.07) is 14.2. The highest BCUT2D eigenvalue weighted by molar-refractivity contribution is 5.94. The van der Waals surface area contributed by atoms with Crippen molar-refractivity contribution in [1.82, 2.24) is 10.6 Å². The van der Waals surface area contributed by atoms with E-state index in [2.05, 4.69) is 20.9 Å². The largest absolute Gasteiger partial charge is 0.486 e. The van der Waals surface area contributed by atoms with Gasteiger partial charge in [0, 0.05) is 31.6 Å². The fourth-order valence-corrected chi connectivity index (χ4v) is 3.32. The lowest BCUT2D eigenvalue weighted by Crippen LogP contribution is -2.44. The van der Waals surface area contributed by atoms with Gasteiger partial charge in [0.1, 0.15) is 6.10 Å². The van der Waals surface area contributed by atoms with Crippen LogP contribution in [0.25, 0.3) is 0 Å². The van der Waals surface area contributed by atoms with Crippen LogP contribution >= 0.6 is 0 Å². The van der Waals surface area contributed by atoms with Crippen LogP contribution < -0.4 is 20.7 Å². The zero-order valence-corrected chi connectivity index (χ0v) is 16.7. The maximum absolute atomic E-state index is 13.8. The Balaban J connectivity index is 1.54. The predicted octanol–water partition coefficient (Wildman–Crippen LogP) is 3.27. The molecule has 6 nitrogen and oxygen atoms in total. The molecule has 1 heterocycles. The summed E-state index contributed by atoms with van der Waals surface area (Å²) in [5, 5.41) is 9.42. The highest BCUT2D eigenvalue weighted by atomic mass is 19.1. The molecule has 1 amide bonds. The van der Waals surface area contributed by atoms with E-state index in [9.17, 15) is 9.18 Å². The number of amides is 1. The van der Waals surface area contributed by atoms with Gasteiger partial charge in [-0.1, -0.05) is 37.3 Å². The fourth-order valence-electron chi connectivity index (χ4n) is 3.32. The number of nitrogens with one attached hydrogen (secondary N) is 3. The number of aliphatic imine (C=N–C) groups is 1. The normalized spacial score (nSPS) is 17.1. The fraction of sp³-hybridized carbons (Fsp3) is 0.364. The molecule has 0 saturated heterocycles. The Hall–Kier alpha value is -3.09. The molecule has 2 unspecified atom stereocenters. The second kappa shape index (κ2) is 9.91. The van der Waals surface area contributed by atoms with Crippen molar-refractivity contribution in [3.05, 3.63) is 59.9 Å². The SMILES string of the molecule is CCC(CNC(=NC)NCC1CC(=O)Nc2ccccc21)Oc1ccccc1F. The monoisotopic (exact) mass is 398 g/mol. The summed E-state index contributed by atoms with van der Waals surface area (Å²) in [6.45, 7) is 3.04. The molecule has 1 aliphatic rings. The summed E-state index contributed by atoms with van der Waals surface area (Å²) in [5.74, 6) is 0.568. The van der Waals surface area contributed by atoms with Crippen molar-refractivity contribution in [3.8, 4) is 5.75 Å². The number of carbonyl (C=O) groups excluding carboxylic acids is 1. The molecular weight excluding hydrogens is 371 g/mol. The minimum absolute atomic E-state index is 0.0165. The summed E-state index contributed by atoms with van der Waals surface area (Å²) >= 11 is 0. The minimum atomic E-state index is -0.373. The van der Waals surface area contributed by atoms with Crippen molar-refractivity contribution >= 4 is 17.6 Å². The smallest absolute Gasteiger partial charge is 0.225 e. The molecule has 2 atom stereocenters. The van der Waals surface area contributed by atoms with Crippen molar-refractivity contribution < 1.29 is 13.9 Å². The quantitative estimate of drug-likeness (QED) is 0.494. The molecule has 3 rings (SSSR count). The average Bonchev–Trinajstić information content (AvgIpc) is 2.74. The van der Waals surface area contributed by atoms with Crippen LogP contribution in [0.4, 0.5) is 10.1 Å². The molecule has 0 aliphatic carbocycles. The first-order chi connectivity index (χ1) is 14.1. The second-order valence-corrected chi connectivity index (χ2v) is 6.95. The van der Waals surface area contributed by atoms with Gasteiger partial charge in [-0.2, -0.15) is 0 Å². The van der Waals surface area contributed by atoms with Crippen LogP contribution in [0, 0.1) is 5.82 Å². The summed E-state index contributed by atoms with van der Waals surface area (Å²) < 4.78 is 19.6. The van der Waals surface area contributed by atoms with Gasteiger partial charge >= 0.3 is 0 Å². The molecule has 154 valence electrons. The van der Waals surface area contributed by atoms with Gasteiger partial charge in [-0.25, -0.2) is 4.39 Å². The number of fused-ring (bicyclic) bond motifs is 1. The third-order valence-electron chi connectivity index (χ3n) is 4.93.